The zero-order chi connectivity index (χ0) is 7.19. The van der Waals surface area contributed by atoms with E-state index in [4.69, 9.17) is 5.73 Å². The summed E-state index contributed by atoms with van der Waals surface area (Å²) in [5, 5.41) is 0. The summed E-state index contributed by atoms with van der Waals surface area (Å²) in [6, 6.07) is 0.804. The van der Waals surface area contributed by atoms with Gasteiger partial charge in [-0.1, -0.05) is 0 Å². The van der Waals surface area contributed by atoms with E-state index in [9.17, 15) is 0 Å². The quantitative estimate of drug-likeness (QED) is 0.542. The van der Waals surface area contributed by atoms with E-state index < -0.39 is 0 Å². The maximum absolute atomic E-state index is 6.17. The van der Waals surface area contributed by atoms with Crippen LogP contribution in [0.1, 0.15) is 32.1 Å². The Morgan fingerprint density at radius 2 is 2.20 bits per heavy atom. The third kappa shape index (κ3) is 0.722. The van der Waals surface area contributed by atoms with Crippen LogP contribution in [0.15, 0.2) is 0 Å². The molecule has 58 valence electrons. The molecule has 0 spiro atoms. The van der Waals surface area contributed by atoms with Gasteiger partial charge in [0.15, 0.2) is 0 Å². The van der Waals surface area contributed by atoms with Crippen LogP contribution in [0.2, 0.25) is 0 Å². The van der Waals surface area contributed by atoms with Crippen molar-refractivity contribution in [3.05, 3.63) is 0 Å². The molecule has 2 saturated heterocycles. The fourth-order valence-electron chi connectivity index (χ4n) is 2.43. The fourth-order valence-corrected chi connectivity index (χ4v) is 2.43. The van der Waals surface area contributed by atoms with E-state index >= 15 is 0 Å². The molecule has 0 aromatic heterocycles. The van der Waals surface area contributed by atoms with Gasteiger partial charge in [0.25, 0.3) is 0 Å². The third-order valence-corrected chi connectivity index (χ3v) is 3.31. The zero-order valence-electron chi connectivity index (χ0n) is 6.64. The summed E-state index contributed by atoms with van der Waals surface area (Å²) in [5.74, 6) is 0. The number of piperidine rings is 1. The van der Waals surface area contributed by atoms with Crippen molar-refractivity contribution in [1.82, 2.24) is 4.90 Å². The number of rotatable bonds is 0. The van der Waals surface area contributed by atoms with Crippen molar-refractivity contribution < 1.29 is 0 Å². The number of hydrogen-bond donors (Lipinski definition) is 1. The second kappa shape index (κ2) is 1.95. The summed E-state index contributed by atoms with van der Waals surface area (Å²) in [6.07, 6.45) is 6.46. The minimum Gasteiger partial charge on any atom is -0.313 e. The van der Waals surface area contributed by atoms with E-state index in [0.717, 1.165) is 6.04 Å². The molecule has 0 unspecified atom stereocenters. The first-order chi connectivity index (χ1) is 4.72. The molecule has 0 aliphatic carbocycles. The molecular formula is C8H16N2. The maximum atomic E-state index is 6.17. The number of nitrogens with zero attached hydrogens (tertiary/aromatic N) is 1. The van der Waals surface area contributed by atoms with Gasteiger partial charge in [-0.3, -0.25) is 4.90 Å². The fraction of sp³-hybridized carbons (Fsp3) is 1.00. The zero-order valence-corrected chi connectivity index (χ0v) is 6.64. The number of nitrogens with two attached hydrogens (primary N) is 1. The molecular weight excluding hydrogens is 124 g/mol. The third-order valence-electron chi connectivity index (χ3n) is 3.31. The molecule has 0 amide bonds. The van der Waals surface area contributed by atoms with Crippen LogP contribution in [0.25, 0.3) is 0 Å². The molecule has 10 heavy (non-hydrogen) atoms. The summed E-state index contributed by atoms with van der Waals surface area (Å²) in [5.41, 5.74) is 6.26. The largest absolute Gasteiger partial charge is 0.313 e. The molecule has 2 heterocycles. The average Bonchev–Trinajstić information content (AvgIpc) is 2.18. The van der Waals surface area contributed by atoms with Crippen LogP contribution in [0.3, 0.4) is 0 Å². The Morgan fingerprint density at radius 1 is 1.40 bits per heavy atom. The van der Waals surface area contributed by atoms with Gasteiger partial charge < -0.3 is 5.73 Å². The predicted octanol–water partition coefficient (Wildman–Crippen LogP) is 0.919. The Balaban J connectivity index is 2.21. The molecule has 0 saturated carbocycles. The van der Waals surface area contributed by atoms with Gasteiger partial charge in [-0.05, 0) is 39.2 Å². The van der Waals surface area contributed by atoms with Crippen molar-refractivity contribution in [2.24, 2.45) is 5.73 Å². The molecule has 2 nitrogen and oxygen atoms in total. The standard InChI is InChI=1S/C8H16N2/c1-10-7-3-2-5-8(10,9)6-4-7/h7H,2-6,9H2,1H3/t7-,8+/m0/s1. The van der Waals surface area contributed by atoms with E-state index in [1.165, 1.54) is 32.1 Å². The van der Waals surface area contributed by atoms with E-state index in [1.54, 1.807) is 0 Å². The van der Waals surface area contributed by atoms with Crippen LogP contribution in [-0.2, 0) is 0 Å². The van der Waals surface area contributed by atoms with Gasteiger partial charge in [-0.2, -0.15) is 0 Å². The van der Waals surface area contributed by atoms with Crippen molar-refractivity contribution in [1.29, 1.82) is 0 Å². The molecule has 0 aromatic rings. The van der Waals surface area contributed by atoms with Crippen molar-refractivity contribution in [3.63, 3.8) is 0 Å². The highest BCUT2D eigenvalue weighted by molar-refractivity contribution is 4.98. The molecule has 2 bridgehead atoms. The lowest BCUT2D eigenvalue weighted by molar-refractivity contribution is 0.0878. The lowest BCUT2D eigenvalue weighted by atomic mass is 9.99. The predicted molar refractivity (Wildman–Crippen MR) is 41.6 cm³/mol. The minimum atomic E-state index is 0.0862. The second-order valence-electron chi connectivity index (χ2n) is 3.80. The lowest BCUT2D eigenvalue weighted by Gasteiger charge is -2.39. The highest BCUT2D eigenvalue weighted by Gasteiger charge is 2.43. The molecule has 2 rings (SSSR count). The van der Waals surface area contributed by atoms with Gasteiger partial charge in [-0.15, -0.1) is 0 Å². The Hall–Kier alpha value is -0.0800. The summed E-state index contributed by atoms with van der Waals surface area (Å²) in [7, 11) is 2.18. The Labute approximate surface area is 62.4 Å². The van der Waals surface area contributed by atoms with E-state index in [0.29, 0.717) is 0 Å². The van der Waals surface area contributed by atoms with Crippen LogP contribution in [0.5, 0.6) is 0 Å². The number of hydrogen-bond acceptors (Lipinski definition) is 2. The van der Waals surface area contributed by atoms with Gasteiger partial charge in [-0.25, -0.2) is 0 Å². The monoisotopic (exact) mass is 140 g/mol. The summed E-state index contributed by atoms with van der Waals surface area (Å²) < 4.78 is 0. The van der Waals surface area contributed by atoms with Gasteiger partial charge in [0.1, 0.15) is 0 Å². The second-order valence-corrected chi connectivity index (χ2v) is 3.80. The van der Waals surface area contributed by atoms with Crippen molar-refractivity contribution >= 4 is 0 Å². The Bertz CT molecular complexity index is 142. The van der Waals surface area contributed by atoms with Crippen molar-refractivity contribution in [3.8, 4) is 0 Å². The SMILES string of the molecule is CN1[C@H]2CCC[C@]1(N)CC2. The van der Waals surface area contributed by atoms with Gasteiger partial charge in [0.05, 0.1) is 5.66 Å². The summed E-state index contributed by atoms with van der Waals surface area (Å²) in [6.45, 7) is 0. The summed E-state index contributed by atoms with van der Waals surface area (Å²) >= 11 is 0. The van der Waals surface area contributed by atoms with Crippen LogP contribution in [0, 0.1) is 0 Å². The first kappa shape index (κ1) is 6.62. The molecule has 2 atom stereocenters. The first-order valence-electron chi connectivity index (χ1n) is 4.24. The van der Waals surface area contributed by atoms with E-state index in [-0.39, 0.29) is 5.66 Å². The normalized spacial score (nSPS) is 48.0. The summed E-state index contributed by atoms with van der Waals surface area (Å²) in [4.78, 5) is 2.39. The molecule has 2 aliphatic rings. The van der Waals surface area contributed by atoms with E-state index in [1.807, 2.05) is 0 Å². The van der Waals surface area contributed by atoms with E-state index in [2.05, 4.69) is 11.9 Å². The first-order valence-corrected chi connectivity index (χ1v) is 4.24. The highest BCUT2D eigenvalue weighted by atomic mass is 15.3. The van der Waals surface area contributed by atoms with Gasteiger partial charge in [0, 0.05) is 6.04 Å². The van der Waals surface area contributed by atoms with Crippen molar-refractivity contribution in [2.45, 2.75) is 43.8 Å². The van der Waals surface area contributed by atoms with Crippen LogP contribution in [-0.4, -0.2) is 23.7 Å². The molecule has 2 aliphatic heterocycles. The minimum absolute atomic E-state index is 0.0862. The number of fused-ring (bicyclic) bond motifs is 2. The molecule has 2 N–H and O–H groups in total. The van der Waals surface area contributed by atoms with Crippen LogP contribution < -0.4 is 5.73 Å². The average molecular weight is 140 g/mol. The van der Waals surface area contributed by atoms with Crippen LogP contribution in [0.4, 0.5) is 0 Å². The van der Waals surface area contributed by atoms with Crippen LogP contribution >= 0.6 is 0 Å². The Morgan fingerprint density at radius 3 is 2.80 bits per heavy atom. The lowest BCUT2D eigenvalue weighted by Crippen LogP contribution is -2.54. The molecule has 2 heteroatoms. The topological polar surface area (TPSA) is 29.3 Å². The molecule has 0 radical (unpaired) electrons. The molecule has 0 aromatic carbocycles. The maximum Gasteiger partial charge on any atom is 0.0687 e. The Kier molecular flexibility index (Phi) is 1.29. The smallest absolute Gasteiger partial charge is 0.0687 e. The van der Waals surface area contributed by atoms with Crippen molar-refractivity contribution in [2.75, 3.05) is 7.05 Å². The van der Waals surface area contributed by atoms with Gasteiger partial charge >= 0.3 is 0 Å². The van der Waals surface area contributed by atoms with Gasteiger partial charge in [0.2, 0.25) is 0 Å². The molecule has 2 fully saturated rings. The highest BCUT2D eigenvalue weighted by Crippen LogP contribution is 2.38.